The van der Waals surface area contributed by atoms with Gasteiger partial charge in [0.25, 0.3) is 0 Å². The molecule has 0 saturated carbocycles. The van der Waals surface area contributed by atoms with E-state index in [9.17, 15) is 19.2 Å². The summed E-state index contributed by atoms with van der Waals surface area (Å²) in [6.07, 6.45) is 0.199. The number of methoxy groups -OCH3 is 4. The van der Waals surface area contributed by atoms with Gasteiger partial charge in [0.2, 0.25) is 10.9 Å². The zero-order chi connectivity index (χ0) is 35.3. The molecule has 1 atom stereocenters. The van der Waals surface area contributed by atoms with Crippen LogP contribution in [-0.4, -0.2) is 70.9 Å². The lowest BCUT2D eigenvalue weighted by Crippen LogP contribution is -2.36. The molecule has 0 fully saturated rings. The fourth-order valence-electron chi connectivity index (χ4n) is 8.26. The van der Waals surface area contributed by atoms with Crippen LogP contribution in [0.2, 0.25) is 0 Å². The molecule has 0 aromatic heterocycles. The first kappa shape index (κ1) is 32.6. The van der Waals surface area contributed by atoms with Gasteiger partial charge in [-0.2, -0.15) is 0 Å². The summed E-state index contributed by atoms with van der Waals surface area (Å²) in [7, 11) is 6.06. The van der Waals surface area contributed by atoms with Gasteiger partial charge in [0.15, 0.2) is 17.3 Å². The first-order valence-corrected chi connectivity index (χ1v) is 18.2. The summed E-state index contributed by atoms with van der Waals surface area (Å²) in [5.41, 5.74) is 2.31. The van der Waals surface area contributed by atoms with Crippen molar-refractivity contribution < 1.29 is 33.3 Å². The Morgan fingerprint density at radius 3 is 1.98 bits per heavy atom. The van der Waals surface area contributed by atoms with Gasteiger partial charge in [-0.05, 0) is 32.6 Å². The Labute approximate surface area is 294 Å². The van der Waals surface area contributed by atoms with Crippen molar-refractivity contribution in [2.45, 2.75) is 43.0 Å². The number of benzene rings is 5. The van der Waals surface area contributed by atoms with E-state index in [2.05, 4.69) is 10.6 Å². The number of nitrogens with one attached hydrogen (secondary N) is 2. The normalized spacial score (nSPS) is 16.7. The molecule has 1 unspecified atom stereocenters. The maximum atomic E-state index is 14.9. The Bertz CT molecular complexity index is 2510. The second kappa shape index (κ2) is 11.7. The Balaban J connectivity index is 1.77. The second-order valence-corrected chi connectivity index (χ2v) is 14.6. The number of esters is 1. The summed E-state index contributed by atoms with van der Waals surface area (Å²) >= 11 is 2.97. The van der Waals surface area contributed by atoms with Gasteiger partial charge < -0.3 is 34.3 Å². The van der Waals surface area contributed by atoms with Crippen LogP contribution in [0.15, 0.2) is 25.0 Å². The smallest absolute Gasteiger partial charge is 0.329 e. The number of ether oxygens (including phenoxy) is 5. The zero-order valence-corrected chi connectivity index (χ0v) is 30.2. The molecule has 2 N–H and O–H groups in total. The highest BCUT2D eigenvalue weighted by molar-refractivity contribution is 8.00. The Morgan fingerprint density at radius 1 is 0.760 bits per heavy atom. The maximum Gasteiger partial charge on any atom is 0.329 e. The van der Waals surface area contributed by atoms with Gasteiger partial charge in [0.1, 0.15) is 17.5 Å². The highest BCUT2D eigenvalue weighted by Crippen LogP contribution is 2.60. The van der Waals surface area contributed by atoms with Crippen molar-refractivity contribution in [1.29, 1.82) is 0 Å². The molecule has 1 aliphatic carbocycles. The number of hydrogen-bond donors (Lipinski definition) is 2. The molecule has 11 nitrogen and oxygen atoms in total. The Morgan fingerprint density at radius 2 is 1.36 bits per heavy atom. The molecule has 0 bridgehead atoms. The van der Waals surface area contributed by atoms with Crippen molar-refractivity contribution in [3.05, 3.63) is 37.1 Å². The fourth-order valence-corrected chi connectivity index (χ4v) is 10.5. The van der Waals surface area contributed by atoms with Crippen LogP contribution >= 0.6 is 23.5 Å². The Kier molecular flexibility index (Phi) is 7.64. The first-order valence-electron chi connectivity index (χ1n) is 16.2. The third-order valence-electron chi connectivity index (χ3n) is 9.96. The zero-order valence-electron chi connectivity index (χ0n) is 28.6. The van der Waals surface area contributed by atoms with Crippen molar-refractivity contribution in [1.82, 2.24) is 0 Å². The Hall–Kier alpha value is -4.62. The quantitative estimate of drug-likeness (QED) is 0.119. The molecule has 0 radical (unpaired) electrons. The van der Waals surface area contributed by atoms with Crippen LogP contribution < -0.4 is 40.4 Å². The highest BCUT2D eigenvalue weighted by Gasteiger charge is 2.40. The molecule has 258 valence electrons. The average Bonchev–Trinajstić information content (AvgIpc) is 3.24. The molecule has 50 heavy (non-hydrogen) atoms. The van der Waals surface area contributed by atoms with E-state index in [1.54, 1.807) is 32.9 Å². The van der Waals surface area contributed by atoms with Gasteiger partial charge in [-0.25, -0.2) is 4.79 Å². The molecule has 2 heterocycles. The number of rotatable bonds is 7. The highest BCUT2D eigenvalue weighted by atomic mass is 32.2. The van der Waals surface area contributed by atoms with Crippen LogP contribution in [0.5, 0.6) is 23.0 Å². The summed E-state index contributed by atoms with van der Waals surface area (Å²) in [6.45, 7) is 5.88. The number of carbonyl (C=O) groups excluding carboxylic acids is 2. The molecule has 3 aliphatic rings. The van der Waals surface area contributed by atoms with Crippen molar-refractivity contribution in [3.63, 3.8) is 0 Å². The van der Waals surface area contributed by atoms with Gasteiger partial charge >= 0.3 is 5.97 Å². The van der Waals surface area contributed by atoms with E-state index >= 15 is 0 Å². The molecule has 5 aromatic carbocycles. The number of allylic oxidation sites excluding steroid dienone is 2. The second-order valence-electron chi connectivity index (χ2n) is 12.5. The van der Waals surface area contributed by atoms with Crippen LogP contribution in [0, 0.1) is 0 Å². The fraction of sp³-hybridized carbons (Fsp3) is 0.351. The predicted molar refractivity (Wildman–Crippen MR) is 199 cm³/mol. The third kappa shape index (κ3) is 4.07. The molecule has 5 aromatic rings. The van der Waals surface area contributed by atoms with E-state index in [0.29, 0.717) is 105 Å². The van der Waals surface area contributed by atoms with Crippen molar-refractivity contribution in [3.8, 4) is 23.0 Å². The average molecular weight is 715 g/mol. The molecule has 8 rings (SSSR count). The summed E-state index contributed by atoms with van der Waals surface area (Å²) < 4.78 is 29.8. The summed E-state index contributed by atoms with van der Waals surface area (Å²) in [5.74, 6) is 1.54. The van der Waals surface area contributed by atoms with Crippen molar-refractivity contribution in [2.75, 3.05) is 63.7 Å². The summed E-state index contributed by atoms with van der Waals surface area (Å²) in [4.78, 5) is 57.9. The molecular weight excluding hydrogens is 681 g/mol. The number of hydrogen-bond acceptors (Lipinski definition) is 13. The number of Topliss-reactive ketones (excluding diaryl/α,β-unsaturated/α-hetero) is 1. The van der Waals surface area contributed by atoms with Crippen LogP contribution in [0.3, 0.4) is 0 Å². The molecule has 0 amide bonds. The molecule has 0 spiro atoms. The first-order chi connectivity index (χ1) is 24.1. The lowest BCUT2D eigenvalue weighted by Gasteiger charge is -2.31. The van der Waals surface area contributed by atoms with Crippen LogP contribution in [0.4, 0.5) is 11.4 Å². The largest absolute Gasteiger partial charge is 0.495 e. The van der Waals surface area contributed by atoms with E-state index in [1.807, 2.05) is 6.92 Å². The van der Waals surface area contributed by atoms with E-state index in [4.69, 9.17) is 23.7 Å². The summed E-state index contributed by atoms with van der Waals surface area (Å²) in [5, 5.41) is 11.1. The maximum absolute atomic E-state index is 14.9. The minimum absolute atomic E-state index is 0.0448. The standard InChI is InChI=1S/C37H34N2O9S2/c1-8-48-37(43)16-12-50-36-28(39-16)26-20-18-15(31(44-4)29(26)41)11-13(2)17(14(3)40)22-19(18)21-24(23(20)34(36)47-7)33(46-6)35-27(38-9-10-49-35)25(21)30(42)32(22)45-5/h16,38-39H,8-12H2,1-7H3. The SMILES string of the molecule is CCOC(=O)C1CSc2c(c3c(=O)c(OC)c4c5c6c(c(OC)c(=O)c7c8c(c(OC)c(c(c2OC)c35)c76)SCCN8)C(C(C)=O)=C(C)C4)N1. The lowest BCUT2D eigenvalue weighted by molar-refractivity contribution is -0.143. The number of thioether (sulfide) groups is 2. The van der Waals surface area contributed by atoms with Gasteiger partial charge in [-0.3, -0.25) is 14.4 Å². The third-order valence-corrected chi connectivity index (χ3v) is 12.2. The molecule has 13 heteroatoms. The van der Waals surface area contributed by atoms with E-state index in [-0.39, 0.29) is 41.2 Å². The van der Waals surface area contributed by atoms with Crippen LogP contribution in [0.25, 0.3) is 48.7 Å². The van der Waals surface area contributed by atoms with Crippen molar-refractivity contribution >= 4 is 95.3 Å². The molecule has 2 aliphatic heterocycles. The number of fused-ring (bicyclic) bond motifs is 5. The van der Waals surface area contributed by atoms with Gasteiger partial charge in [0, 0.05) is 61.7 Å². The molecule has 0 saturated heterocycles. The molecular formula is C37H34N2O9S2. The minimum Gasteiger partial charge on any atom is -0.495 e. The summed E-state index contributed by atoms with van der Waals surface area (Å²) in [6, 6.07) is -0.731. The lowest BCUT2D eigenvalue weighted by atomic mass is 9.82. The monoisotopic (exact) mass is 714 g/mol. The van der Waals surface area contributed by atoms with Crippen molar-refractivity contribution in [2.24, 2.45) is 0 Å². The van der Waals surface area contributed by atoms with E-state index in [0.717, 1.165) is 10.6 Å². The van der Waals surface area contributed by atoms with Gasteiger partial charge in [-0.15, -0.1) is 23.5 Å². The topological polar surface area (TPSA) is 138 Å². The number of ketones is 1. The van der Waals surface area contributed by atoms with Crippen LogP contribution in [-0.2, 0) is 20.7 Å². The van der Waals surface area contributed by atoms with E-state index < -0.39 is 12.0 Å². The minimum atomic E-state index is -0.731. The number of carbonyl (C=O) groups is 2. The number of anilines is 2. The van der Waals surface area contributed by atoms with Gasteiger partial charge in [0.05, 0.1) is 67.0 Å². The van der Waals surface area contributed by atoms with E-state index in [1.165, 1.54) is 32.9 Å². The van der Waals surface area contributed by atoms with Crippen LogP contribution in [0.1, 0.15) is 31.9 Å². The predicted octanol–water partition coefficient (Wildman–Crippen LogP) is 5.82. The van der Waals surface area contributed by atoms with Gasteiger partial charge in [-0.1, -0.05) is 5.57 Å².